The topological polar surface area (TPSA) is 145 Å². The molecule has 11 nitrogen and oxygen atoms in total. The number of rotatable bonds is 3. The van der Waals surface area contributed by atoms with Gasteiger partial charge in [-0.1, -0.05) is 18.2 Å². The summed E-state index contributed by atoms with van der Waals surface area (Å²) < 4.78 is 16.2. The number of nitrogens with one attached hydrogen (secondary N) is 2. The van der Waals surface area contributed by atoms with Crippen LogP contribution in [0.5, 0.6) is 0 Å². The summed E-state index contributed by atoms with van der Waals surface area (Å²) in [5.41, 5.74) is 2.21. The summed E-state index contributed by atoms with van der Waals surface area (Å²) in [6, 6.07) is 13.3. The number of halogens is 1. The molecule has 1 atom stereocenters. The summed E-state index contributed by atoms with van der Waals surface area (Å²) in [4.78, 5) is 45.0. The fourth-order valence-electron chi connectivity index (χ4n) is 5.77. The van der Waals surface area contributed by atoms with E-state index in [1.807, 2.05) is 0 Å². The molecule has 2 aliphatic heterocycles. The van der Waals surface area contributed by atoms with Crippen LogP contribution >= 0.6 is 0 Å². The molecule has 0 aliphatic carbocycles. The van der Waals surface area contributed by atoms with Crippen molar-refractivity contribution in [3.05, 3.63) is 88.9 Å². The van der Waals surface area contributed by atoms with Gasteiger partial charge in [0.15, 0.2) is 11.5 Å². The van der Waals surface area contributed by atoms with Gasteiger partial charge in [-0.25, -0.2) is 19.3 Å². The summed E-state index contributed by atoms with van der Waals surface area (Å²) in [6.45, 7) is 1.81. The summed E-state index contributed by atoms with van der Waals surface area (Å²) >= 11 is 0. The van der Waals surface area contributed by atoms with Crippen LogP contribution < -0.4 is 10.2 Å². The van der Waals surface area contributed by atoms with Crippen LogP contribution in [-0.2, 0) is 21.5 Å². The zero-order valence-electron chi connectivity index (χ0n) is 20.4. The van der Waals surface area contributed by atoms with Gasteiger partial charge in [0, 0.05) is 17.7 Å². The molecule has 2 aromatic carbocycles. The molecule has 0 radical (unpaired) electrons. The molecule has 0 bridgehead atoms. The first kappa shape index (κ1) is 22.7. The van der Waals surface area contributed by atoms with Gasteiger partial charge in [-0.15, -0.1) is 0 Å². The second-order valence-electron chi connectivity index (χ2n) is 9.47. The fraction of sp³-hybridized carbons (Fsp3) is 0.148. The number of aryl methyl sites for hydroxylation is 1. The number of aromatic amines is 1. The highest BCUT2D eigenvalue weighted by molar-refractivity contribution is 6.16. The van der Waals surface area contributed by atoms with Crippen molar-refractivity contribution in [1.82, 2.24) is 29.7 Å². The lowest BCUT2D eigenvalue weighted by Crippen LogP contribution is -2.46. The molecule has 39 heavy (non-hydrogen) atoms. The quantitative estimate of drug-likeness (QED) is 0.373. The first-order chi connectivity index (χ1) is 18.9. The van der Waals surface area contributed by atoms with Crippen molar-refractivity contribution in [2.45, 2.75) is 25.3 Å². The van der Waals surface area contributed by atoms with E-state index in [0.717, 1.165) is 0 Å². The van der Waals surface area contributed by atoms with Crippen molar-refractivity contribution < 1.29 is 14.0 Å². The van der Waals surface area contributed by atoms with Crippen molar-refractivity contribution in [1.29, 1.82) is 5.26 Å². The van der Waals surface area contributed by atoms with Crippen LogP contribution in [0.4, 0.5) is 15.9 Å². The highest BCUT2D eigenvalue weighted by Crippen LogP contribution is 2.54. The maximum absolute atomic E-state index is 14.8. The third kappa shape index (κ3) is 3.07. The van der Waals surface area contributed by atoms with Gasteiger partial charge in [-0.05, 0) is 42.3 Å². The molecule has 0 fully saturated rings. The van der Waals surface area contributed by atoms with E-state index < -0.39 is 23.0 Å². The average molecular weight is 520 g/mol. The van der Waals surface area contributed by atoms with E-state index in [1.54, 1.807) is 31.2 Å². The Morgan fingerprint density at radius 1 is 1.15 bits per heavy atom. The largest absolute Gasteiger partial charge is 0.340 e. The Morgan fingerprint density at radius 2 is 2.00 bits per heavy atom. The summed E-state index contributed by atoms with van der Waals surface area (Å²) in [7, 11) is 0. The van der Waals surface area contributed by atoms with Crippen molar-refractivity contribution in [3.63, 3.8) is 0 Å². The van der Waals surface area contributed by atoms with E-state index in [4.69, 9.17) is 0 Å². The lowest BCUT2D eigenvalue weighted by atomic mass is 9.70. The molecule has 5 heterocycles. The minimum absolute atomic E-state index is 0.0771. The number of hydrogen-bond donors (Lipinski definition) is 2. The monoisotopic (exact) mass is 519 g/mol. The number of H-pyrrole nitrogens is 1. The van der Waals surface area contributed by atoms with Crippen LogP contribution in [0, 0.1) is 24.1 Å². The molecule has 7 rings (SSSR count). The summed E-state index contributed by atoms with van der Waals surface area (Å²) in [5, 5.41) is 17.2. The van der Waals surface area contributed by atoms with Crippen molar-refractivity contribution in [2.75, 3.05) is 10.2 Å². The zero-order valence-corrected chi connectivity index (χ0v) is 20.4. The van der Waals surface area contributed by atoms with E-state index in [0.29, 0.717) is 50.6 Å². The zero-order chi connectivity index (χ0) is 26.9. The van der Waals surface area contributed by atoms with Crippen LogP contribution in [0.2, 0.25) is 0 Å². The van der Waals surface area contributed by atoms with Gasteiger partial charge in [0.05, 0.1) is 30.2 Å². The number of aromatic nitrogens is 6. The molecule has 2 N–H and O–H groups in total. The highest BCUT2D eigenvalue weighted by atomic mass is 19.1. The van der Waals surface area contributed by atoms with Crippen molar-refractivity contribution in [3.8, 4) is 11.9 Å². The molecule has 3 aromatic heterocycles. The molecule has 5 aromatic rings. The number of nitriles is 1. The Balaban J connectivity index is 1.47. The van der Waals surface area contributed by atoms with Gasteiger partial charge in [0.1, 0.15) is 28.9 Å². The van der Waals surface area contributed by atoms with Crippen LogP contribution in [0.3, 0.4) is 0 Å². The SMILES string of the molecule is Cc1nn(-c2ncnc3nc[nH]c23)c2c1[C@@]1(CC(=O)N2)C(=O)N(Cc2ccccc2C#N)c2ccc(F)cc21. The highest BCUT2D eigenvalue weighted by Gasteiger charge is 2.58. The Morgan fingerprint density at radius 3 is 2.85 bits per heavy atom. The molecule has 2 aliphatic rings. The van der Waals surface area contributed by atoms with Gasteiger partial charge in [0.2, 0.25) is 11.8 Å². The van der Waals surface area contributed by atoms with E-state index in [9.17, 15) is 19.2 Å². The van der Waals surface area contributed by atoms with E-state index >= 15 is 0 Å². The number of hydrogen-bond acceptors (Lipinski definition) is 7. The molecule has 1 spiro atoms. The number of anilines is 2. The van der Waals surface area contributed by atoms with Gasteiger partial charge in [0.25, 0.3) is 0 Å². The number of carbonyl (C=O) groups is 2. The second-order valence-corrected chi connectivity index (χ2v) is 9.47. The molecule has 0 saturated carbocycles. The maximum atomic E-state index is 14.8. The molecule has 12 heteroatoms. The smallest absolute Gasteiger partial charge is 0.243 e. The van der Waals surface area contributed by atoms with Crippen molar-refractivity contribution in [2.24, 2.45) is 0 Å². The summed E-state index contributed by atoms with van der Waals surface area (Å²) in [5.74, 6) is -0.761. The molecular weight excluding hydrogens is 501 g/mol. The lowest BCUT2D eigenvalue weighted by Gasteiger charge is -2.33. The van der Waals surface area contributed by atoms with Gasteiger partial charge < -0.3 is 15.2 Å². The Hall–Kier alpha value is -5.44. The van der Waals surface area contributed by atoms with Gasteiger partial charge >= 0.3 is 0 Å². The first-order valence-electron chi connectivity index (χ1n) is 12.1. The standard InChI is InChI=1S/C27H18FN9O2/c1-14-21-24(37(35-14)25-22-23(31-12-30-22)32-13-33-25)34-20(38)9-27(21)18-8-17(28)6-7-19(18)36(26(27)39)11-16-5-3-2-4-15(16)10-29/h2-8,12-13H,9,11H2,1H3,(H,34,38)(H,30,31,32,33)/t27-/m0/s1. The number of amides is 2. The molecule has 0 unspecified atom stereocenters. The normalized spacial score (nSPS) is 17.8. The van der Waals surface area contributed by atoms with Crippen LogP contribution in [-0.4, -0.2) is 41.5 Å². The number of fused-ring (bicyclic) bond motifs is 5. The third-order valence-corrected chi connectivity index (χ3v) is 7.36. The Labute approximate surface area is 219 Å². The number of imidazole rings is 1. The molecular formula is C27H18FN9O2. The van der Waals surface area contributed by atoms with E-state index in [-0.39, 0.29) is 18.8 Å². The third-order valence-electron chi connectivity index (χ3n) is 7.36. The predicted molar refractivity (Wildman–Crippen MR) is 136 cm³/mol. The van der Waals surface area contributed by atoms with E-state index in [1.165, 1.54) is 40.4 Å². The number of carbonyl (C=O) groups excluding carboxylic acids is 2. The van der Waals surface area contributed by atoms with Crippen LogP contribution in [0.25, 0.3) is 17.0 Å². The Kier molecular flexibility index (Phi) is 4.68. The number of benzene rings is 2. The second kappa shape index (κ2) is 8.03. The minimum atomic E-state index is -1.53. The molecule has 190 valence electrons. The van der Waals surface area contributed by atoms with Gasteiger partial charge in [-0.2, -0.15) is 15.0 Å². The Bertz CT molecular complexity index is 1900. The molecule has 2 amide bonds. The van der Waals surface area contributed by atoms with Gasteiger partial charge in [-0.3, -0.25) is 9.59 Å². The minimum Gasteiger partial charge on any atom is -0.340 e. The summed E-state index contributed by atoms with van der Waals surface area (Å²) in [6.07, 6.45) is 2.58. The first-order valence-corrected chi connectivity index (χ1v) is 12.1. The lowest BCUT2D eigenvalue weighted by molar-refractivity contribution is -0.126. The average Bonchev–Trinajstić information content (AvgIpc) is 3.60. The van der Waals surface area contributed by atoms with Crippen LogP contribution in [0.1, 0.15) is 34.4 Å². The maximum Gasteiger partial charge on any atom is 0.243 e. The van der Waals surface area contributed by atoms with Crippen LogP contribution in [0.15, 0.2) is 55.1 Å². The van der Waals surface area contributed by atoms with E-state index in [2.05, 4.69) is 36.4 Å². The van der Waals surface area contributed by atoms with Crippen molar-refractivity contribution >= 4 is 34.5 Å². The number of nitrogens with zero attached hydrogens (tertiary/aromatic N) is 7. The fourth-order valence-corrected chi connectivity index (χ4v) is 5.77. The predicted octanol–water partition coefficient (Wildman–Crippen LogP) is 3.03. The molecule has 0 saturated heterocycles.